The number of carbonyl (C=O) groups is 2. The summed E-state index contributed by atoms with van der Waals surface area (Å²) in [5.41, 5.74) is 6.01. The first-order valence-corrected chi connectivity index (χ1v) is 11.5. The van der Waals surface area contributed by atoms with Gasteiger partial charge in [-0.1, -0.05) is 71.8 Å². The van der Waals surface area contributed by atoms with Crippen molar-refractivity contribution in [1.29, 1.82) is 0 Å². The van der Waals surface area contributed by atoms with Gasteiger partial charge >= 0.3 is 0 Å². The second kappa shape index (κ2) is 9.24. The average Bonchev–Trinajstić information content (AvgIpc) is 3.05. The van der Waals surface area contributed by atoms with Gasteiger partial charge in [-0.25, -0.2) is 4.90 Å². The minimum absolute atomic E-state index is 0.321. The van der Waals surface area contributed by atoms with Gasteiger partial charge in [0.05, 0.1) is 11.3 Å². The average molecular weight is 459 g/mol. The van der Waals surface area contributed by atoms with Gasteiger partial charge in [-0.2, -0.15) is 0 Å². The van der Waals surface area contributed by atoms with Crippen molar-refractivity contribution in [3.63, 3.8) is 0 Å². The van der Waals surface area contributed by atoms with Crippen LogP contribution in [0.25, 0.3) is 5.57 Å². The van der Waals surface area contributed by atoms with Gasteiger partial charge < -0.3 is 4.90 Å². The number of hydrogen-bond acceptors (Lipinski definition) is 3. The first-order chi connectivity index (χ1) is 15.8. The van der Waals surface area contributed by atoms with E-state index < -0.39 is 0 Å². The van der Waals surface area contributed by atoms with Gasteiger partial charge in [-0.3, -0.25) is 9.59 Å². The number of amides is 2. The van der Waals surface area contributed by atoms with E-state index in [9.17, 15) is 9.59 Å². The number of anilines is 1. The number of halogens is 1. The number of nitrogens with zero attached hydrogens (tertiary/aromatic N) is 2. The summed E-state index contributed by atoms with van der Waals surface area (Å²) in [6, 6.07) is 21.2. The molecular formula is C28H27ClN2O2. The highest BCUT2D eigenvalue weighted by molar-refractivity contribution is 6.46. The normalized spacial score (nSPS) is 13.8. The van der Waals surface area contributed by atoms with E-state index >= 15 is 0 Å². The Bertz CT molecular complexity index is 1260. The molecule has 1 aliphatic heterocycles. The summed E-state index contributed by atoms with van der Waals surface area (Å²) < 4.78 is 0. The van der Waals surface area contributed by atoms with Crippen molar-refractivity contribution in [2.45, 2.75) is 34.2 Å². The van der Waals surface area contributed by atoms with Crippen LogP contribution in [0, 0.1) is 20.8 Å². The van der Waals surface area contributed by atoms with E-state index in [1.807, 2.05) is 81.1 Å². The quantitative estimate of drug-likeness (QED) is 0.421. The van der Waals surface area contributed by atoms with Gasteiger partial charge in [0, 0.05) is 18.1 Å². The molecule has 0 fully saturated rings. The first-order valence-electron chi connectivity index (χ1n) is 11.1. The van der Waals surface area contributed by atoms with Crippen LogP contribution < -0.4 is 4.90 Å². The van der Waals surface area contributed by atoms with Crippen molar-refractivity contribution in [1.82, 2.24) is 4.90 Å². The molecule has 4 nitrogen and oxygen atoms in total. The molecule has 0 N–H and O–H groups in total. The summed E-state index contributed by atoms with van der Waals surface area (Å²) in [6.45, 7) is 8.94. The number of imide groups is 1. The molecule has 0 aliphatic carbocycles. The molecule has 3 aromatic rings. The predicted octanol–water partition coefficient (Wildman–Crippen LogP) is 6.07. The van der Waals surface area contributed by atoms with Gasteiger partial charge in [-0.15, -0.1) is 0 Å². The Morgan fingerprint density at radius 1 is 0.879 bits per heavy atom. The topological polar surface area (TPSA) is 40.6 Å². The number of hydrogen-bond donors (Lipinski definition) is 0. The number of aryl methyl sites for hydroxylation is 2. The lowest BCUT2D eigenvalue weighted by atomic mass is 9.97. The zero-order valence-corrected chi connectivity index (χ0v) is 20.1. The first kappa shape index (κ1) is 22.8. The van der Waals surface area contributed by atoms with Crippen molar-refractivity contribution in [2.24, 2.45) is 0 Å². The summed E-state index contributed by atoms with van der Waals surface area (Å²) in [5, 5.41) is 0.520. The molecule has 1 heterocycles. The summed E-state index contributed by atoms with van der Waals surface area (Å²) in [5.74, 6) is -0.642. The Balaban J connectivity index is 1.90. The molecule has 2 amide bonds. The zero-order valence-electron chi connectivity index (χ0n) is 19.4. The fourth-order valence-corrected chi connectivity index (χ4v) is 4.53. The van der Waals surface area contributed by atoms with Crippen LogP contribution in [0.15, 0.2) is 72.4 Å². The van der Waals surface area contributed by atoms with E-state index in [1.165, 1.54) is 4.90 Å². The maximum atomic E-state index is 13.9. The van der Waals surface area contributed by atoms with Crippen LogP contribution in [0.5, 0.6) is 0 Å². The van der Waals surface area contributed by atoms with Crippen LogP contribution in [0.3, 0.4) is 0 Å². The van der Waals surface area contributed by atoms with Gasteiger partial charge in [0.1, 0.15) is 5.70 Å². The maximum absolute atomic E-state index is 13.9. The van der Waals surface area contributed by atoms with Crippen molar-refractivity contribution < 1.29 is 9.59 Å². The van der Waals surface area contributed by atoms with E-state index in [0.29, 0.717) is 40.6 Å². The Labute approximate surface area is 200 Å². The second-order valence-electron chi connectivity index (χ2n) is 8.37. The largest absolute Gasteiger partial charge is 0.362 e. The smallest absolute Gasteiger partial charge is 0.282 e. The van der Waals surface area contributed by atoms with Crippen LogP contribution in [0.4, 0.5) is 5.69 Å². The van der Waals surface area contributed by atoms with E-state index in [1.54, 1.807) is 18.2 Å². The maximum Gasteiger partial charge on any atom is 0.282 e. The lowest BCUT2D eigenvalue weighted by Gasteiger charge is -2.25. The third-order valence-electron chi connectivity index (χ3n) is 6.10. The summed E-state index contributed by atoms with van der Waals surface area (Å²) in [7, 11) is 0. The Morgan fingerprint density at radius 2 is 1.61 bits per heavy atom. The molecule has 0 bridgehead atoms. The number of carbonyl (C=O) groups excluding carboxylic acids is 2. The highest BCUT2D eigenvalue weighted by Crippen LogP contribution is 2.38. The third kappa shape index (κ3) is 4.19. The van der Waals surface area contributed by atoms with Crippen LogP contribution >= 0.6 is 11.6 Å². The van der Waals surface area contributed by atoms with Gasteiger partial charge in [0.25, 0.3) is 11.8 Å². The second-order valence-corrected chi connectivity index (χ2v) is 8.78. The van der Waals surface area contributed by atoms with Crippen molar-refractivity contribution >= 4 is 34.7 Å². The molecule has 0 saturated carbocycles. The monoisotopic (exact) mass is 458 g/mol. The molecular weight excluding hydrogens is 432 g/mol. The SMILES string of the molecule is CCN(Cc1ccccc1)C1=C(c2ccc(C)cc2C)C(=O)N(c2cccc(Cl)c2C)C1=O. The van der Waals surface area contributed by atoms with Gasteiger partial charge in [0.2, 0.25) is 0 Å². The van der Waals surface area contributed by atoms with E-state index in [4.69, 9.17) is 11.6 Å². The molecule has 3 aromatic carbocycles. The summed E-state index contributed by atoms with van der Waals surface area (Å²) in [4.78, 5) is 31.0. The van der Waals surface area contributed by atoms with Gasteiger partial charge in [0.15, 0.2) is 0 Å². The Morgan fingerprint density at radius 3 is 2.27 bits per heavy atom. The molecule has 0 unspecified atom stereocenters. The lowest BCUT2D eigenvalue weighted by molar-refractivity contribution is -0.120. The summed E-state index contributed by atoms with van der Waals surface area (Å²) >= 11 is 6.34. The lowest BCUT2D eigenvalue weighted by Crippen LogP contribution is -2.35. The van der Waals surface area contributed by atoms with E-state index in [2.05, 4.69) is 0 Å². The highest BCUT2D eigenvalue weighted by atomic mass is 35.5. The van der Waals surface area contributed by atoms with Crippen molar-refractivity contribution in [2.75, 3.05) is 11.4 Å². The third-order valence-corrected chi connectivity index (χ3v) is 6.51. The molecule has 0 spiro atoms. The van der Waals surface area contributed by atoms with Crippen LogP contribution in [-0.2, 0) is 16.1 Å². The molecule has 1 aliphatic rings. The molecule has 0 aromatic heterocycles. The Kier molecular flexibility index (Phi) is 6.39. The van der Waals surface area contributed by atoms with Crippen LogP contribution in [0.2, 0.25) is 5.02 Å². The zero-order chi connectivity index (χ0) is 23.7. The fourth-order valence-electron chi connectivity index (χ4n) is 4.36. The van der Waals surface area contributed by atoms with Crippen molar-refractivity contribution in [3.8, 4) is 0 Å². The van der Waals surface area contributed by atoms with E-state index in [-0.39, 0.29) is 11.8 Å². The molecule has 4 rings (SSSR count). The van der Waals surface area contributed by atoms with Crippen LogP contribution in [-0.4, -0.2) is 23.3 Å². The molecule has 0 atom stereocenters. The number of benzene rings is 3. The highest BCUT2D eigenvalue weighted by Gasteiger charge is 2.43. The minimum Gasteiger partial charge on any atom is -0.362 e. The predicted molar refractivity (Wildman–Crippen MR) is 134 cm³/mol. The van der Waals surface area contributed by atoms with Crippen LogP contribution in [0.1, 0.15) is 34.7 Å². The molecule has 168 valence electrons. The van der Waals surface area contributed by atoms with Crippen molar-refractivity contribution in [3.05, 3.63) is 105 Å². The number of likely N-dealkylation sites (N-methyl/N-ethyl adjacent to an activating group) is 1. The summed E-state index contributed by atoms with van der Waals surface area (Å²) in [6.07, 6.45) is 0. The standard InChI is InChI=1S/C28H27ClN2O2/c1-5-30(17-21-10-7-6-8-11-21)26-25(22-15-14-18(2)16-19(22)3)27(32)31(28(26)33)24-13-9-12-23(29)20(24)4/h6-16H,5,17H2,1-4H3. The molecule has 0 radical (unpaired) electrons. The molecule has 0 saturated heterocycles. The minimum atomic E-state index is -0.321. The Hall–Kier alpha value is -3.37. The van der Waals surface area contributed by atoms with E-state index in [0.717, 1.165) is 22.3 Å². The molecule has 5 heteroatoms. The molecule has 33 heavy (non-hydrogen) atoms. The number of rotatable bonds is 6. The fraction of sp³-hybridized carbons (Fsp3) is 0.214. The van der Waals surface area contributed by atoms with Gasteiger partial charge in [-0.05, 0) is 62.1 Å².